The van der Waals surface area contributed by atoms with Crippen LogP contribution >= 0.6 is 23.2 Å². The Labute approximate surface area is 106 Å². The molecule has 86 valence electrons. The van der Waals surface area contributed by atoms with E-state index in [4.69, 9.17) is 28.5 Å². The van der Waals surface area contributed by atoms with Crippen molar-refractivity contribution in [1.82, 2.24) is 5.32 Å². The van der Waals surface area contributed by atoms with E-state index in [1.54, 1.807) is 0 Å². The average molecular weight is 257 g/mol. The Morgan fingerprint density at radius 2 is 2.00 bits per heavy atom. The van der Waals surface area contributed by atoms with Crippen molar-refractivity contribution in [2.24, 2.45) is 0 Å². The standard InChI is InChI=1S/C12H14Cl2N2/c13-11-4-3-10(9-12(11)14)5-8-16-7-2-1-6-15/h3-4,9,16H,1-2,5,7-8H2. The second-order valence-electron chi connectivity index (χ2n) is 3.51. The molecule has 2 nitrogen and oxygen atoms in total. The lowest BCUT2D eigenvalue weighted by molar-refractivity contribution is 0.655. The highest BCUT2D eigenvalue weighted by molar-refractivity contribution is 6.42. The van der Waals surface area contributed by atoms with Gasteiger partial charge in [-0.25, -0.2) is 0 Å². The molecule has 0 spiro atoms. The van der Waals surface area contributed by atoms with E-state index in [-0.39, 0.29) is 0 Å². The molecular weight excluding hydrogens is 243 g/mol. The first-order valence-electron chi connectivity index (χ1n) is 5.25. The van der Waals surface area contributed by atoms with Gasteiger partial charge in [-0.05, 0) is 43.6 Å². The van der Waals surface area contributed by atoms with E-state index >= 15 is 0 Å². The van der Waals surface area contributed by atoms with Crippen molar-refractivity contribution in [2.75, 3.05) is 13.1 Å². The Morgan fingerprint density at radius 1 is 1.19 bits per heavy atom. The van der Waals surface area contributed by atoms with E-state index in [1.165, 1.54) is 5.56 Å². The van der Waals surface area contributed by atoms with Gasteiger partial charge in [0.05, 0.1) is 16.1 Å². The van der Waals surface area contributed by atoms with Gasteiger partial charge >= 0.3 is 0 Å². The molecular formula is C12H14Cl2N2. The summed E-state index contributed by atoms with van der Waals surface area (Å²) in [6.45, 7) is 1.78. The number of nitriles is 1. The molecule has 4 heteroatoms. The van der Waals surface area contributed by atoms with E-state index < -0.39 is 0 Å². The zero-order valence-electron chi connectivity index (χ0n) is 8.97. The van der Waals surface area contributed by atoms with Crippen molar-refractivity contribution in [3.8, 4) is 6.07 Å². The third kappa shape index (κ3) is 4.85. The minimum absolute atomic E-state index is 0.590. The zero-order chi connectivity index (χ0) is 11.8. The smallest absolute Gasteiger partial charge is 0.0622 e. The van der Waals surface area contributed by atoms with Crippen LogP contribution in [0, 0.1) is 11.3 Å². The number of nitrogens with one attached hydrogen (secondary N) is 1. The third-order valence-electron chi connectivity index (χ3n) is 2.22. The van der Waals surface area contributed by atoms with Crippen LogP contribution in [-0.2, 0) is 6.42 Å². The monoisotopic (exact) mass is 256 g/mol. The number of nitrogens with zero attached hydrogens (tertiary/aromatic N) is 1. The molecule has 0 atom stereocenters. The van der Waals surface area contributed by atoms with E-state index in [0.29, 0.717) is 16.5 Å². The molecule has 0 saturated carbocycles. The maximum atomic E-state index is 8.35. The lowest BCUT2D eigenvalue weighted by Gasteiger charge is -2.04. The molecule has 0 aliphatic heterocycles. The summed E-state index contributed by atoms with van der Waals surface area (Å²) in [5.41, 5.74) is 1.17. The summed E-state index contributed by atoms with van der Waals surface area (Å²) >= 11 is 11.7. The van der Waals surface area contributed by atoms with Crippen molar-refractivity contribution in [2.45, 2.75) is 19.3 Å². The van der Waals surface area contributed by atoms with Crippen molar-refractivity contribution in [3.05, 3.63) is 33.8 Å². The highest BCUT2D eigenvalue weighted by atomic mass is 35.5. The molecule has 0 saturated heterocycles. The Kier molecular flexibility index (Phi) is 6.25. The normalized spacial score (nSPS) is 10.1. The molecule has 0 aromatic heterocycles. The van der Waals surface area contributed by atoms with E-state index in [2.05, 4.69) is 11.4 Å². The van der Waals surface area contributed by atoms with Gasteiger partial charge in [-0.2, -0.15) is 5.26 Å². The number of hydrogen-bond acceptors (Lipinski definition) is 2. The third-order valence-corrected chi connectivity index (χ3v) is 2.96. The molecule has 16 heavy (non-hydrogen) atoms. The molecule has 0 radical (unpaired) electrons. The first-order chi connectivity index (χ1) is 7.74. The molecule has 0 fully saturated rings. The van der Waals surface area contributed by atoms with Gasteiger partial charge in [0.15, 0.2) is 0 Å². The number of unbranched alkanes of at least 4 members (excludes halogenated alkanes) is 1. The first-order valence-corrected chi connectivity index (χ1v) is 6.01. The number of rotatable bonds is 6. The number of benzene rings is 1. The molecule has 0 amide bonds. The largest absolute Gasteiger partial charge is 0.316 e. The van der Waals surface area contributed by atoms with Crippen LogP contribution < -0.4 is 5.32 Å². The highest BCUT2D eigenvalue weighted by Crippen LogP contribution is 2.22. The van der Waals surface area contributed by atoms with Crippen LogP contribution in [0.3, 0.4) is 0 Å². The number of halogens is 2. The SMILES string of the molecule is N#CCCCNCCc1ccc(Cl)c(Cl)c1. The van der Waals surface area contributed by atoms with Crippen LogP contribution in [0.15, 0.2) is 18.2 Å². The summed E-state index contributed by atoms with van der Waals surface area (Å²) in [6, 6.07) is 7.80. The highest BCUT2D eigenvalue weighted by Gasteiger charge is 1.99. The van der Waals surface area contributed by atoms with Crippen molar-refractivity contribution >= 4 is 23.2 Å². The molecule has 1 rings (SSSR count). The van der Waals surface area contributed by atoms with Gasteiger partial charge < -0.3 is 5.32 Å². The fourth-order valence-corrected chi connectivity index (χ4v) is 1.67. The van der Waals surface area contributed by atoms with Gasteiger partial charge in [0.25, 0.3) is 0 Å². The van der Waals surface area contributed by atoms with Crippen LogP contribution in [0.1, 0.15) is 18.4 Å². The summed E-state index contributed by atoms with van der Waals surface area (Å²) in [4.78, 5) is 0. The predicted molar refractivity (Wildman–Crippen MR) is 67.9 cm³/mol. The van der Waals surface area contributed by atoms with E-state index in [0.717, 1.165) is 25.9 Å². The van der Waals surface area contributed by atoms with E-state index in [1.807, 2.05) is 18.2 Å². The van der Waals surface area contributed by atoms with Crippen molar-refractivity contribution in [1.29, 1.82) is 5.26 Å². The molecule has 1 aromatic rings. The Bertz CT molecular complexity index is 372. The molecule has 0 unspecified atom stereocenters. The van der Waals surface area contributed by atoms with Crippen LogP contribution in [0.4, 0.5) is 0 Å². The Morgan fingerprint density at radius 3 is 2.69 bits per heavy atom. The second-order valence-corrected chi connectivity index (χ2v) is 4.32. The lowest BCUT2D eigenvalue weighted by atomic mass is 10.1. The molecule has 0 bridgehead atoms. The van der Waals surface area contributed by atoms with Crippen LogP contribution in [0.25, 0.3) is 0 Å². The van der Waals surface area contributed by atoms with Gasteiger partial charge in [0, 0.05) is 6.42 Å². The summed E-state index contributed by atoms with van der Waals surface area (Å²) in [6.07, 6.45) is 2.43. The average Bonchev–Trinajstić information content (AvgIpc) is 2.28. The van der Waals surface area contributed by atoms with Gasteiger partial charge in [0.1, 0.15) is 0 Å². The van der Waals surface area contributed by atoms with E-state index in [9.17, 15) is 0 Å². The van der Waals surface area contributed by atoms with Crippen LogP contribution in [0.2, 0.25) is 10.0 Å². The minimum Gasteiger partial charge on any atom is -0.316 e. The summed E-state index contributed by atoms with van der Waals surface area (Å²) in [5, 5.41) is 12.8. The number of hydrogen-bond donors (Lipinski definition) is 1. The minimum atomic E-state index is 0.590. The van der Waals surface area contributed by atoms with Crippen molar-refractivity contribution < 1.29 is 0 Å². The second kappa shape index (κ2) is 7.51. The fourth-order valence-electron chi connectivity index (χ4n) is 1.35. The zero-order valence-corrected chi connectivity index (χ0v) is 10.5. The van der Waals surface area contributed by atoms with Gasteiger partial charge in [-0.1, -0.05) is 29.3 Å². The molecule has 0 aliphatic rings. The molecule has 0 aliphatic carbocycles. The van der Waals surface area contributed by atoms with Gasteiger partial charge in [0.2, 0.25) is 0 Å². The Hall–Kier alpha value is -0.750. The van der Waals surface area contributed by atoms with Crippen LogP contribution in [-0.4, -0.2) is 13.1 Å². The summed E-state index contributed by atoms with van der Waals surface area (Å²) in [7, 11) is 0. The maximum Gasteiger partial charge on any atom is 0.0622 e. The van der Waals surface area contributed by atoms with Crippen LogP contribution in [0.5, 0.6) is 0 Å². The molecule has 1 N–H and O–H groups in total. The lowest BCUT2D eigenvalue weighted by Crippen LogP contribution is -2.18. The summed E-state index contributed by atoms with van der Waals surface area (Å²) in [5.74, 6) is 0. The van der Waals surface area contributed by atoms with Crippen molar-refractivity contribution in [3.63, 3.8) is 0 Å². The van der Waals surface area contributed by atoms with Gasteiger partial charge in [-0.15, -0.1) is 0 Å². The summed E-state index contributed by atoms with van der Waals surface area (Å²) < 4.78 is 0. The quantitative estimate of drug-likeness (QED) is 0.792. The first kappa shape index (κ1) is 13.3. The van der Waals surface area contributed by atoms with Gasteiger partial charge in [-0.3, -0.25) is 0 Å². The molecule has 0 heterocycles. The maximum absolute atomic E-state index is 8.35. The topological polar surface area (TPSA) is 35.8 Å². The Balaban J connectivity index is 2.22. The predicted octanol–water partition coefficient (Wildman–Crippen LogP) is 3.43. The molecule has 1 aromatic carbocycles. The fraction of sp³-hybridized carbons (Fsp3) is 0.417.